The number of halogens is 1. The highest BCUT2D eigenvalue weighted by molar-refractivity contribution is 6.30. The van der Waals surface area contributed by atoms with Crippen LogP contribution in [0.1, 0.15) is 17.0 Å². The number of ether oxygens (including phenoxy) is 1. The Morgan fingerprint density at radius 2 is 2.00 bits per heavy atom. The molecule has 0 aliphatic carbocycles. The molecule has 0 aliphatic rings. The van der Waals surface area contributed by atoms with Gasteiger partial charge in [0, 0.05) is 34.2 Å². The average molecular weight is 451 g/mol. The number of methoxy groups -OCH3 is 1. The Bertz CT molecular complexity index is 1290. The van der Waals surface area contributed by atoms with Gasteiger partial charge in [-0.3, -0.25) is 14.9 Å². The van der Waals surface area contributed by atoms with Crippen molar-refractivity contribution in [1.29, 1.82) is 5.26 Å². The molecule has 32 heavy (non-hydrogen) atoms. The van der Waals surface area contributed by atoms with E-state index in [9.17, 15) is 20.2 Å². The van der Waals surface area contributed by atoms with E-state index < -0.39 is 10.8 Å². The molecule has 0 saturated heterocycles. The first-order chi connectivity index (χ1) is 15.2. The zero-order chi connectivity index (χ0) is 23.4. The van der Waals surface area contributed by atoms with Crippen molar-refractivity contribution < 1.29 is 14.5 Å². The van der Waals surface area contributed by atoms with E-state index in [1.807, 2.05) is 48.7 Å². The summed E-state index contributed by atoms with van der Waals surface area (Å²) in [6.45, 7) is 3.78. The van der Waals surface area contributed by atoms with Crippen LogP contribution >= 0.6 is 11.6 Å². The highest BCUT2D eigenvalue weighted by atomic mass is 35.5. The maximum atomic E-state index is 12.8. The number of nitrogens with one attached hydrogen (secondary N) is 1. The van der Waals surface area contributed by atoms with Gasteiger partial charge in [0.2, 0.25) is 0 Å². The number of carbonyl (C=O) groups excluding carboxylic acids is 1. The van der Waals surface area contributed by atoms with Gasteiger partial charge >= 0.3 is 0 Å². The Labute approximate surface area is 189 Å². The predicted octanol–water partition coefficient (Wildman–Crippen LogP) is 5.21. The van der Waals surface area contributed by atoms with Crippen LogP contribution in [0.25, 0.3) is 11.8 Å². The van der Waals surface area contributed by atoms with Crippen LogP contribution in [-0.4, -0.2) is 22.5 Å². The normalized spacial score (nSPS) is 11.0. The molecule has 1 N–H and O–H groups in total. The largest absolute Gasteiger partial charge is 0.495 e. The van der Waals surface area contributed by atoms with Gasteiger partial charge in [-0.15, -0.1) is 0 Å². The van der Waals surface area contributed by atoms with Crippen molar-refractivity contribution in [3.05, 3.63) is 86.2 Å². The third kappa shape index (κ3) is 4.63. The molecule has 0 spiro atoms. The van der Waals surface area contributed by atoms with E-state index in [4.69, 9.17) is 16.3 Å². The van der Waals surface area contributed by atoms with Crippen LogP contribution in [0.2, 0.25) is 5.02 Å². The number of nitrogens with zero attached hydrogens (tertiary/aromatic N) is 3. The van der Waals surface area contributed by atoms with Crippen LogP contribution in [0.5, 0.6) is 5.75 Å². The van der Waals surface area contributed by atoms with Crippen molar-refractivity contribution in [3.8, 4) is 17.5 Å². The molecule has 162 valence electrons. The van der Waals surface area contributed by atoms with Gasteiger partial charge in [0.15, 0.2) is 0 Å². The average Bonchev–Trinajstić information content (AvgIpc) is 3.04. The lowest BCUT2D eigenvalue weighted by atomic mass is 10.1. The van der Waals surface area contributed by atoms with Crippen LogP contribution in [0, 0.1) is 35.3 Å². The van der Waals surface area contributed by atoms with Gasteiger partial charge in [0.25, 0.3) is 11.6 Å². The maximum absolute atomic E-state index is 12.8. The first-order valence-corrected chi connectivity index (χ1v) is 9.83. The van der Waals surface area contributed by atoms with E-state index in [1.165, 1.54) is 31.4 Å². The van der Waals surface area contributed by atoms with Crippen LogP contribution < -0.4 is 10.1 Å². The Morgan fingerprint density at radius 3 is 2.62 bits per heavy atom. The zero-order valence-corrected chi connectivity index (χ0v) is 18.3. The standard InChI is InChI=1S/C23H19ClN4O4/c1-14-9-16(15(2)27(14)19-6-4-5-18(24)11-19)10-17(13-25)23(29)26-21-12-20(28(30)31)7-8-22(21)32-3/h4-12H,1-3H3,(H,26,29)/b17-10+. The van der Waals surface area contributed by atoms with Crippen LogP contribution in [0.4, 0.5) is 11.4 Å². The minimum absolute atomic E-state index is 0.0947. The van der Waals surface area contributed by atoms with Crippen molar-refractivity contribution in [1.82, 2.24) is 4.57 Å². The maximum Gasteiger partial charge on any atom is 0.271 e. The molecule has 0 fully saturated rings. The Balaban J connectivity index is 1.96. The third-order valence-electron chi connectivity index (χ3n) is 4.84. The summed E-state index contributed by atoms with van der Waals surface area (Å²) in [4.78, 5) is 23.2. The highest BCUT2D eigenvalue weighted by Crippen LogP contribution is 2.30. The number of benzene rings is 2. The van der Waals surface area contributed by atoms with E-state index in [1.54, 1.807) is 6.07 Å². The summed E-state index contributed by atoms with van der Waals surface area (Å²) < 4.78 is 7.12. The molecular formula is C23H19ClN4O4. The number of nitro benzene ring substituents is 1. The minimum atomic E-state index is -0.709. The minimum Gasteiger partial charge on any atom is -0.495 e. The lowest BCUT2D eigenvalue weighted by molar-refractivity contribution is -0.384. The molecule has 1 heterocycles. The van der Waals surface area contributed by atoms with Crippen molar-refractivity contribution in [2.24, 2.45) is 0 Å². The molecule has 9 heteroatoms. The number of rotatable bonds is 6. The van der Waals surface area contributed by atoms with Gasteiger partial charge < -0.3 is 14.6 Å². The lowest BCUT2D eigenvalue weighted by Crippen LogP contribution is -2.14. The molecule has 8 nitrogen and oxygen atoms in total. The summed E-state index contributed by atoms with van der Waals surface area (Å²) in [7, 11) is 1.38. The fourth-order valence-electron chi connectivity index (χ4n) is 3.35. The number of anilines is 1. The van der Waals surface area contributed by atoms with Gasteiger partial charge in [-0.2, -0.15) is 5.26 Å². The van der Waals surface area contributed by atoms with Crippen LogP contribution in [-0.2, 0) is 4.79 Å². The molecule has 3 rings (SSSR count). The van der Waals surface area contributed by atoms with Crippen LogP contribution in [0.15, 0.2) is 54.1 Å². The number of hydrogen-bond donors (Lipinski definition) is 1. The molecule has 1 aromatic heterocycles. The Kier molecular flexibility index (Phi) is 6.61. The summed E-state index contributed by atoms with van der Waals surface area (Å²) in [5.41, 5.74) is 2.97. The van der Waals surface area contributed by atoms with Gasteiger partial charge in [-0.05, 0) is 55.8 Å². The molecule has 0 aliphatic heterocycles. The van der Waals surface area contributed by atoms with Crippen molar-refractivity contribution in [3.63, 3.8) is 0 Å². The van der Waals surface area contributed by atoms with Crippen molar-refractivity contribution in [2.75, 3.05) is 12.4 Å². The molecule has 0 unspecified atom stereocenters. The summed E-state index contributed by atoms with van der Waals surface area (Å²) in [6.07, 6.45) is 1.47. The number of aromatic nitrogens is 1. The smallest absolute Gasteiger partial charge is 0.271 e. The van der Waals surface area contributed by atoms with Gasteiger partial charge in [0.05, 0.1) is 17.7 Å². The molecule has 0 bridgehead atoms. The number of carbonyl (C=O) groups is 1. The number of amides is 1. The number of non-ortho nitro benzene ring substituents is 1. The van der Waals surface area contributed by atoms with Gasteiger partial charge in [-0.25, -0.2) is 0 Å². The van der Waals surface area contributed by atoms with E-state index in [2.05, 4.69) is 5.32 Å². The Hall–Kier alpha value is -4.09. The second-order valence-corrected chi connectivity index (χ2v) is 7.34. The van der Waals surface area contributed by atoms with E-state index in [-0.39, 0.29) is 22.7 Å². The molecule has 0 atom stereocenters. The summed E-state index contributed by atoms with van der Waals surface area (Å²) in [5.74, 6) is -0.473. The predicted molar refractivity (Wildman–Crippen MR) is 122 cm³/mol. The second kappa shape index (κ2) is 9.37. The molecule has 0 radical (unpaired) electrons. The Morgan fingerprint density at radius 1 is 1.25 bits per heavy atom. The van der Waals surface area contributed by atoms with Gasteiger partial charge in [-0.1, -0.05) is 17.7 Å². The topological polar surface area (TPSA) is 110 Å². The van der Waals surface area contributed by atoms with Gasteiger partial charge in [0.1, 0.15) is 17.4 Å². The summed E-state index contributed by atoms with van der Waals surface area (Å²) in [5, 5.41) is 23.8. The molecule has 1 amide bonds. The van der Waals surface area contributed by atoms with E-state index in [0.29, 0.717) is 10.6 Å². The van der Waals surface area contributed by atoms with E-state index in [0.717, 1.165) is 17.1 Å². The number of nitriles is 1. The van der Waals surface area contributed by atoms with Crippen LogP contribution in [0.3, 0.4) is 0 Å². The molecule has 2 aromatic carbocycles. The summed E-state index contributed by atoms with van der Waals surface area (Å²) in [6, 6.07) is 14.9. The van der Waals surface area contributed by atoms with Crippen molar-refractivity contribution in [2.45, 2.75) is 13.8 Å². The SMILES string of the molecule is COc1ccc([N+](=O)[O-])cc1NC(=O)/C(C#N)=C/c1cc(C)n(-c2cccc(Cl)c2)c1C. The fourth-order valence-corrected chi connectivity index (χ4v) is 3.53. The van der Waals surface area contributed by atoms with Crippen molar-refractivity contribution >= 4 is 35.0 Å². The monoisotopic (exact) mass is 450 g/mol. The summed E-state index contributed by atoms with van der Waals surface area (Å²) >= 11 is 6.11. The second-order valence-electron chi connectivity index (χ2n) is 6.91. The quantitative estimate of drug-likeness (QED) is 0.240. The molecule has 3 aromatic rings. The van der Waals surface area contributed by atoms with E-state index >= 15 is 0 Å². The first kappa shape index (κ1) is 22.6. The highest BCUT2D eigenvalue weighted by Gasteiger charge is 2.18. The third-order valence-corrected chi connectivity index (χ3v) is 5.08. The molecule has 0 saturated carbocycles. The zero-order valence-electron chi connectivity index (χ0n) is 17.5. The lowest BCUT2D eigenvalue weighted by Gasteiger charge is -2.10. The number of hydrogen-bond acceptors (Lipinski definition) is 5. The fraction of sp³-hybridized carbons (Fsp3) is 0.130. The first-order valence-electron chi connectivity index (χ1n) is 9.45. The number of nitro groups is 1. The molecular weight excluding hydrogens is 432 g/mol. The number of aryl methyl sites for hydroxylation is 1.